The molecule has 0 saturated carbocycles. The molecular formula is C18H23N3O2. The Balaban J connectivity index is 1.80. The highest BCUT2D eigenvalue weighted by atomic mass is 16.2. The maximum absolute atomic E-state index is 12.1. The molecule has 0 radical (unpaired) electrons. The van der Waals surface area contributed by atoms with Crippen molar-refractivity contribution in [3.8, 4) is 0 Å². The molecule has 23 heavy (non-hydrogen) atoms. The summed E-state index contributed by atoms with van der Waals surface area (Å²) in [6.45, 7) is 1.67. The molecule has 1 aliphatic heterocycles. The quantitative estimate of drug-likeness (QED) is 0.854. The monoisotopic (exact) mass is 313 g/mol. The van der Waals surface area contributed by atoms with E-state index in [2.05, 4.69) is 29.2 Å². The summed E-state index contributed by atoms with van der Waals surface area (Å²) in [5.74, 6) is 0. The van der Waals surface area contributed by atoms with Crippen LogP contribution in [0.25, 0.3) is 0 Å². The summed E-state index contributed by atoms with van der Waals surface area (Å²) in [5.41, 5.74) is 1.63. The van der Waals surface area contributed by atoms with Crippen LogP contribution in [0.2, 0.25) is 0 Å². The van der Waals surface area contributed by atoms with Gasteiger partial charge in [0.2, 0.25) is 0 Å². The van der Waals surface area contributed by atoms with E-state index in [4.69, 9.17) is 0 Å². The first kappa shape index (κ1) is 15.7. The van der Waals surface area contributed by atoms with E-state index in [1.54, 1.807) is 17.7 Å². The third-order valence-corrected chi connectivity index (χ3v) is 4.80. The molecule has 5 heteroatoms. The molecule has 2 aromatic rings. The average molecular weight is 313 g/mol. The van der Waals surface area contributed by atoms with Crippen molar-refractivity contribution in [3.63, 3.8) is 0 Å². The number of likely N-dealkylation sites (tertiary alicyclic amines) is 1. The Labute approximate surface area is 135 Å². The van der Waals surface area contributed by atoms with Crippen molar-refractivity contribution >= 4 is 0 Å². The van der Waals surface area contributed by atoms with Gasteiger partial charge in [0.15, 0.2) is 0 Å². The number of nitrogens with zero attached hydrogens (tertiary/aromatic N) is 3. The average Bonchev–Trinajstić information content (AvgIpc) is 2.98. The molecule has 2 heterocycles. The van der Waals surface area contributed by atoms with Crippen molar-refractivity contribution in [2.75, 3.05) is 6.54 Å². The fourth-order valence-electron chi connectivity index (χ4n) is 3.36. The standard InChI is InChI=1S/C18H23N3O2/c1-19-16(12-17(22)20(2)18(19)23)13-21-10-6-9-15(21)11-14-7-4-3-5-8-14/h3-5,7-8,12,15H,6,9-11,13H2,1-2H3. The Hall–Kier alpha value is -2.14. The van der Waals surface area contributed by atoms with E-state index >= 15 is 0 Å². The Morgan fingerprint density at radius 3 is 2.57 bits per heavy atom. The van der Waals surface area contributed by atoms with Crippen molar-refractivity contribution in [1.82, 2.24) is 14.0 Å². The van der Waals surface area contributed by atoms with Gasteiger partial charge >= 0.3 is 5.69 Å². The molecule has 0 N–H and O–H groups in total. The van der Waals surface area contributed by atoms with Crippen LogP contribution >= 0.6 is 0 Å². The predicted octanol–water partition coefficient (Wildman–Crippen LogP) is 1.29. The smallest absolute Gasteiger partial charge is 0.299 e. The van der Waals surface area contributed by atoms with Crippen molar-refractivity contribution in [2.24, 2.45) is 14.1 Å². The van der Waals surface area contributed by atoms with E-state index < -0.39 is 0 Å². The van der Waals surface area contributed by atoms with Crippen molar-refractivity contribution in [3.05, 3.63) is 68.5 Å². The molecule has 0 aliphatic carbocycles. The number of hydrogen-bond acceptors (Lipinski definition) is 3. The highest BCUT2D eigenvalue weighted by Gasteiger charge is 2.25. The Morgan fingerprint density at radius 2 is 1.83 bits per heavy atom. The molecule has 3 rings (SSSR count). The van der Waals surface area contributed by atoms with Gasteiger partial charge in [-0.2, -0.15) is 0 Å². The zero-order valence-electron chi connectivity index (χ0n) is 13.7. The largest absolute Gasteiger partial charge is 0.330 e. The van der Waals surface area contributed by atoms with Gasteiger partial charge in [0.25, 0.3) is 5.56 Å². The highest BCUT2D eigenvalue weighted by molar-refractivity contribution is 5.16. The minimum atomic E-state index is -0.258. The lowest BCUT2D eigenvalue weighted by molar-refractivity contribution is 0.237. The molecule has 1 saturated heterocycles. The second kappa shape index (κ2) is 6.54. The molecule has 0 spiro atoms. The van der Waals surface area contributed by atoms with Crippen LogP contribution < -0.4 is 11.2 Å². The summed E-state index contributed by atoms with van der Waals surface area (Å²) < 4.78 is 2.73. The van der Waals surface area contributed by atoms with Crippen LogP contribution in [0.1, 0.15) is 24.1 Å². The van der Waals surface area contributed by atoms with E-state index in [9.17, 15) is 9.59 Å². The first-order chi connectivity index (χ1) is 11.1. The molecule has 1 fully saturated rings. The first-order valence-corrected chi connectivity index (χ1v) is 8.10. The minimum Gasteiger partial charge on any atom is -0.299 e. The molecule has 1 unspecified atom stereocenters. The van der Waals surface area contributed by atoms with Gasteiger partial charge in [-0.25, -0.2) is 4.79 Å². The number of aromatic nitrogens is 2. The molecule has 1 aromatic heterocycles. The van der Waals surface area contributed by atoms with Crippen LogP contribution in [-0.4, -0.2) is 26.6 Å². The van der Waals surface area contributed by atoms with Gasteiger partial charge < -0.3 is 0 Å². The van der Waals surface area contributed by atoms with Crippen LogP contribution in [0, 0.1) is 0 Å². The minimum absolute atomic E-state index is 0.234. The second-order valence-electron chi connectivity index (χ2n) is 6.33. The summed E-state index contributed by atoms with van der Waals surface area (Å²) in [6.07, 6.45) is 3.34. The molecule has 1 aromatic carbocycles. The Morgan fingerprint density at radius 1 is 1.09 bits per heavy atom. The molecule has 0 bridgehead atoms. The summed E-state index contributed by atoms with van der Waals surface area (Å²) in [6, 6.07) is 12.5. The van der Waals surface area contributed by atoms with Crippen molar-refractivity contribution < 1.29 is 0 Å². The summed E-state index contributed by atoms with van der Waals surface area (Å²) in [5, 5.41) is 0. The van der Waals surface area contributed by atoms with Gasteiger partial charge in [-0.1, -0.05) is 30.3 Å². The fourth-order valence-corrected chi connectivity index (χ4v) is 3.36. The number of hydrogen-bond donors (Lipinski definition) is 0. The highest BCUT2D eigenvalue weighted by Crippen LogP contribution is 2.22. The molecule has 5 nitrogen and oxygen atoms in total. The normalized spacial score (nSPS) is 18.4. The van der Waals surface area contributed by atoms with E-state index in [1.165, 1.54) is 12.6 Å². The van der Waals surface area contributed by atoms with Gasteiger partial charge in [0, 0.05) is 38.4 Å². The lowest BCUT2D eigenvalue weighted by Gasteiger charge is -2.25. The van der Waals surface area contributed by atoms with E-state index in [0.29, 0.717) is 12.6 Å². The zero-order valence-corrected chi connectivity index (χ0v) is 13.7. The van der Waals surface area contributed by atoms with E-state index in [0.717, 1.165) is 36.1 Å². The SMILES string of the molecule is Cn1c(CN2CCCC2Cc2ccccc2)cc(=O)n(C)c1=O. The van der Waals surface area contributed by atoms with Crippen molar-refractivity contribution in [1.29, 1.82) is 0 Å². The van der Waals surface area contributed by atoms with Crippen LogP contribution in [0.5, 0.6) is 0 Å². The predicted molar refractivity (Wildman–Crippen MR) is 90.5 cm³/mol. The number of benzene rings is 1. The third kappa shape index (κ3) is 3.29. The Kier molecular flexibility index (Phi) is 4.48. The molecule has 1 aliphatic rings. The molecule has 1 atom stereocenters. The van der Waals surface area contributed by atoms with E-state index in [-0.39, 0.29) is 11.2 Å². The van der Waals surface area contributed by atoms with Gasteiger partial charge in [-0.15, -0.1) is 0 Å². The fraction of sp³-hybridized carbons (Fsp3) is 0.444. The lowest BCUT2D eigenvalue weighted by atomic mass is 10.0. The van der Waals surface area contributed by atoms with Gasteiger partial charge in [-0.05, 0) is 31.4 Å². The maximum atomic E-state index is 12.1. The van der Waals surface area contributed by atoms with Crippen LogP contribution in [0.4, 0.5) is 0 Å². The lowest BCUT2D eigenvalue weighted by Crippen LogP contribution is -2.40. The maximum Gasteiger partial charge on any atom is 0.330 e. The summed E-state index contributed by atoms with van der Waals surface area (Å²) >= 11 is 0. The van der Waals surface area contributed by atoms with Crippen LogP contribution in [-0.2, 0) is 27.1 Å². The molecule has 0 amide bonds. The van der Waals surface area contributed by atoms with Gasteiger partial charge in [0.1, 0.15) is 0 Å². The Bertz CT molecular complexity index is 792. The third-order valence-electron chi connectivity index (χ3n) is 4.80. The molecule has 122 valence electrons. The number of rotatable bonds is 4. The first-order valence-electron chi connectivity index (χ1n) is 8.10. The van der Waals surface area contributed by atoms with Crippen molar-refractivity contribution in [2.45, 2.75) is 31.8 Å². The molecular weight excluding hydrogens is 290 g/mol. The van der Waals surface area contributed by atoms with E-state index in [1.807, 2.05) is 6.07 Å². The second-order valence-corrected chi connectivity index (χ2v) is 6.33. The van der Waals surface area contributed by atoms with Crippen LogP contribution in [0.15, 0.2) is 46.0 Å². The van der Waals surface area contributed by atoms with Gasteiger partial charge in [0.05, 0.1) is 0 Å². The topological polar surface area (TPSA) is 47.2 Å². The summed E-state index contributed by atoms with van der Waals surface area (Å²) in [7, 11) is 3.25. The van der Waals surface area contributed by atoms with Gasteiger partial charge in [-0.3, -0.25) is 18.8 Å². The zero-order chi connectivity index (χ0) is 16.4. The van der Waals surface area contributed by atoms with Crippen LogP contribution in [0.3, 0.4) is 0 Å². The summed E-state index contributed by atoms with van der Waals surface area (Å²) in [4.78, 5) is 26.3.